The summed E-state index contributed by atoms with van der Waals surface area (Å²) in [5.74, 6) is -1.02. The van der Waals surface area contributed by atoms with E-state index in [2.05, 4.69) is 5.32 Å². The Morgan fingerprint density at radius 2 is 1.90 bits per heavy atom. The molecule has 0 aliphatic rings. The third-order valence-corrected chi connectivity index (χ3v) is 3.79. The molecule has 0 radical (unpaired) electrons. The highest BCUT2D eigenvalue weighted by atomic mass is 35.5. The molecule has 0 heterocycles. The SMILES string of the molecule is CCC(CC)NC(=O)COC(=O)c1cc(N)c(Cl)c(Cl)c1. The van der Waals surface area contributed by atoms with E-state index < -0.39 is 5.97 Å². The Morgan fingerprint density at radius 1 is 1.29 bits per heavy atom. The first-order valence-electron chi connectivity index (χ1n) is 6.60. The number of anilines is 1. The van der Waals surface area contributed by atoms with Crippen molar-refractivity contribution in [1.82, 2.24) is 5.32 Å². The average Bonchev–Trinajstić information content (AvgIpc) is 2.47. The lowest BCUT2D eigenvalue weighted by atomic mass is 10.2. The molecule has 0 unspecified atom stereocenters. The van der Waals surface area contributed by atoms with E-state index >= 15 is 0 Å². The summed E-state index contributed by atoms with van der Waals surface area (Å²) in [5.41, 5.74) is 5.94. The summed E-state index contributed by atoms with van der Waals surface area (Å²) in [5, 5.41) is 3.10. The molecule has 0 aliphatic heterocycles. The first-order valence-corrected chi connectivity index (χ1v) is 7.35. The van der Waals surface area contributed by atoms with Crippen LogP contribution in [0.5, 0.6) is 0 Å². The summed E-state index contributed by atoms with van der Waals surface area (Å²) in [6, 6.07) is 2.79. The molecule has 0 saturated heterocycles. The van der Waals surface area contributed by atoms with Gasteiger partial charge in [-0.15, -0.1) is 0 Å². The Kier molecular flexibility index (Phi) is 6.78. The molecule has 0 atom stereocenters. The molecular formula is C14H18Cl2N2O3. The smallest absolute Gasteiger partial charge is 0.338 e. The summed E-state index contributed by atoms with van der Waals surface area (Å²) in [4.78, 5) is 23.5. The molecule has 0 fully saturated rings. The van der Waals surface area contributed by atoms with Gasteiger partial charge >= 0.3 is 5.97 Å². The lowest BCUT2D eigenvalue weighted by molar-refractivity contribution is -0.125. The highest BCUT2D eigenvalue weighted by molar-refractivity contribution is 6.43. The number of ether oxygens (including phenoxy) is 1. The summed E-state index contributed by atoms with van der Waals surface area (Å²) in [6.45, 7) is 3.59. The summed E-state index contributed by atoms with van der Waals surface area (Å²) < 4.78 is 4.92. The zero-order valence-corrected chi connectivity index (χ0v) is 13.4. The van der Waals surface area contributed by atoms with Crippen LogP contribution in [0.2, 0.25) is 10.0 Å². The van der Waals surface area contributed by atoms with Gasteiger partial charge < -0.3 is 15.8 Å². The zero-order chi connectivity index (χ0) is 16.0. The van der Waals surface area contributed by atoms with Crippen LogP contribution in [0.25, 0.3) is 0 Å². The van der Waals surface area contributed by atoms with E-state index in [1.54, 1.807) is 0 Å². The van der Waals surface area contributed by atoms with E-state index in [-0.39, 0.29) is 39.9 Å². The maximum Gasteiger partial charge on any atom is 0.338 e. The highest BCUT2D eigenvalue weighted by Gasteiger charge is 2.15. The molecule has 0 spiro atoms. The number of nitrogens with one attached hydrogen (secondary N) is 1. The third-order valence-electron chi connectivity index (χ3n) is 2.98. The van der Waals surface area contributed by atoms with Crippen molar-refractivity contribution in [3.05, 3.63) is 27.7 Å². The van der Waals surface area contributed by atoms with E-state index in [9.17, 15) is 9.59 Å². The second-order valence-electron chi connectivity index (χ2n) is 4.52. The number of halogens is 2. The minimum atomic E-state index is -0.681. The normalized spacial score (nSPS) is 10.5. The van der Waals surface area contributed by atoms with Crippen LogP contribution in [0.3, 0.4) is 0 Å². The van der Waals surface area contributed by atoms with Crippen LogP contribution in [0, 0.1) is 0 Å². The molecule has 21 heavy (non-hydrogen) atoms. The Hall–Kier alpha value is -1.46. The summed E-state index contributed by atoms with van der Waals surface area (Å²) >= 11 is 11.6. The number of nitrogens with two attached hydrogens (primary N) is 1. The van der Waals surface area contributed by atoms with Gasteiger partial charge in [-0.1, -0.05) is 37.0 Å². The number of carbonyl (C=O) groups is 2. The quantitative estimate of drug-likeness (QED) is 0.619. The molecule has 0 aliphatic carbocycles. The number of hydrogen-bond acceptors (Lipinski definition) is 4. The van der Waals surface area contributed by atoms with Gasteiger partial charge in [0.2, 0.25) is 0 Å². The lowest BCUT2D eigenvalue weighted by Crippen LogP contribution is -2.36. The number of amides is 1. The second kappa shape index (κ2) is 8.10. The minimum absolute atomic E-state index is 0.0804. The van der Waals surface area contributed by atoms with Gasteiger partial charge in [0.1, 0.15) is 0 Å². The molecule has 0 saturated carbocycles. The molecule has 1 rings (SSSR count). The highest BCUT2D eigenvalue weighted by Crippen LogP contribution is 2.29. The van der Waals surface area contributed by atoms with E-state index in [1.807, 2.05) is 13.8 Å². The predicted octanol–water partition coefficient (Wildman–Crippen LogP) is 3.04. The van der Waals surface area contributed by atoms with Gasteiger partial charge in [-0.3, -0.25) is 4.79 Å². The van der Waals surface area contributed by atoms with Crippen molar-refractivity contribution < 1.29 is 14.3 Å². The topological polar surface area (TPSA) is 81.4 Å². The fraction of sp³-hybridized carbons (Fsp3) is 0.429. The molecule has 0 bridgehead atoms. The van der Waals surface area contributed by atoms with Gasteiger partial charge in [0.25, 0.3) is 5.91 Å². The molecule has 1 amide bonds. The Balaban J connectivity index is 2.60. The molecule has 3 N–H and O–H groups in total. The predicted molar refractivity (Wildman–Crippen MR) is 83.7 cm³/mol. The lowest BCUT2D eigenvalue weighted by Gasteiger charge is -2.14. The molecule has 116 valence electrons. The van der Waals surface area contributed by atoms with E-state index in [4.69, 9.17) is 33.7 Å². The Labute approximate surface area is 133 Å². The van der Waals surface area contributed by atoms with Crippen LogP contribution < -0.4 is 11.1 Å². The number of nitrogen functional groups attached to an aromatic ring is 1. The van der Waals surface area contributed by atoms with E-state index in [1.165, 1.54) is 12.1 Å². The van der Waals surface area contributed by atoms with Crippen molar-refractivity contribution in [3.8, 4) is 0 Å². The first-order chi connectivity index (χ1) is 9.88. The minimum Gasteiger partial charge on any atom is -0.452 e. The number of carbonyl (C=O) groups excluding carboxylic acids is 2. The summed E-state index contributed by atoms with van der Waals surface area (Å²) in [7, 11) is 0. The molecule has 7 heteroatoms. The van der Waals surface area contributed by atoms with Gasteiger partial charge in [-0.2, -0.15) is 0 Å². The van der Waals surface area contributed by atoms with Crippen molar-refractivity contribution >= 4 is 40.8 Å². The maximum atomic E-state index is 11.8. The first kappa shape index (κ1) is 17.6. The Morgan fingerprint density at radius 3 is 2.43 bits per heavy atom. The molecular weight excluding hydrogens is 315 g/mol. The van der Waals surface area contributed by atoms with Gasteiger partial charge in [0, 0.05) is 6.04 Å². The van der Waals surface area contributed by atoms with Crippen LogP contribution in [-0.4, -0.2) is 24.5 Å². The average molecular weight is 333 g/mol. The van der Waals surface area contributed by atoms with Crippen molar-refractivity contribution in [3.63, 3.8) is 0 Å². The molecule has 5 nitrogen and oxygen atoms in total. The second-order valence-corrected chi connectivity index (χ2v) is 5.30. The number of benzene rings is 1. The van der Waals surface area contributed by atoms with Crippen LogP contribution in [-0.2, 0) is 9.53 Å². The van der Waals surface area contributed by atoms with Crippen LogP contribution >= 0.6 is 23.2 Å². The van der Waals surface area contributed by atoms with E-state index in [0.717, 1.165) is 12.8 Å². The monoisotopic (exact) mass is 332 g/mol. The van der Waals surface area contributed by atoms with Crippen LogP contribution in [0.15, 0.2) is 12.1 Å². The summed E-state index contributed by atoms with van der Waals surface area (Å²) in [6.07, 6.45) is 1.64. The number of esters is 1. The van der Waals surface area contributed by atoms with Gasteiger partial charge in [-0.05, 0) is 25.0 Å². The molecule has 0 aromatic heterocycles. The van der Waals surface area contributed by atoms with Crippen LogP contribution in [0.4, 0.5) is 5.69 Å². The number of rotatable bonds is 6. The van der Waals surface area contributed by atoms with E-state index in [0.29, 0.717) is 0 Å². The van der Waals surface area contributed by atoms with Crippen molar-refractivity contribution in [2.24, 2.45) is 0 Å². The maximum absolute atomic E-state index is 11.8. The van der Waals surface area contributed by atoms with Crippen LogP contribution in [0.1, 0.15) is 37.0 Å². The van der Waals surface area contributed by atoms with Crippen molar-refractivity contribution in [2.45, 2.75) is 32.7 Å². The van der Waals surface area contributed by atoms with Crippen molar-refractivity contribution in [1.29, 1.82) is 0 Å². The largest absolute Gasteiger partial charge is 0.452 e. The fourth-order valence-corrected chi connectivity index (χ4v) is 2.04. The van der Waals surface area contributed by atoms with Gasteiger partial charge in [0.15, 0.2) is 6.61 Å². The Bertz CT molecular complexity index is 508. The zero-order valence-electron chi connectivity index (χ0n) is 11.9. The fourth-order valence-electron chi connectivity index (χ4n) is 1.70. The third kappa shape index (κ3) is 5.10. The standard InChI is InChI=1S/C14H18Cl2N2O3/c1-3-9(4-2)18-12(19)7-21-14(20)8-5-10(15)13(16)11(17)6-8/h5-6,9H,3-4,7,17H2,1-2H3,(H,18,19). The number of hydrogen-bond donors (Lipinski definition) is 2. The van der Waals surface area contributed by atoms with Gasteiger partial charge in [0.05, 0.1) is 21.3 Å². The van der Waals surface area contributed by atoms with Gasteiger partial charge in [-0.25, -0.2) is 4.79 Å². The van der Waals surface area contributed by atoms with Crippen molar-refractivity contribution in [2.75, 3.05) is 12.3 Å². The molecule has 1 aromatic carbocycles. The molecule has 1 aromatic rings.